The Morgan fingerprint density at radius 1 is 1.39 bits per heavy atom. The molecule has 0 aromatic carbocycles. The van der Waals surface area contributed by atoms with E-state index in [2.05, 4.69) is 9.71 Å². The van der Waals surface area contributed by atoms with E-state index in [1.165, 1.54) is 0 Å². The molecule has 1 fully saturated rings. The molecule has 1 N–H and O–H groups in total. The first-order chi connectivity index (χ1) is 8.42. The van der Waals surface area contributed by atoms with Crippen molar-refractivity contribution in [3.05, 3.63) is 29.6 Å². The molecule has 1 aliphatic carbocycles. The van der Waals surface area contributed by atoms with Crippen molar-refractivity contribution in [2.24, 2.45) is 5.92 Å². The second-order valence-electron chi connectivity index (χ2n) is 5.23. The molecular formula is C13H20N2O2S. The number of aromatic nitrogens is 1. The van der Waals surface area contributed by atoms with Gasteiger partial charge in [0.1, 0.15) is 0 Å². The van der Waals surface area contributed by atoms with Crippen LogP contribution in [0.3, 0.4) is 0 Å². The standard InChI is InChI=1S/C13H20N2O2S/c1-9(2)18(16,17)15-13(11-6-7-11)12-10(3)5-4-8-14-12/h4-5,8-9,11,13,15H,6-7H2,1-3H3. The highest BCUT2D eigenvalue weighted by atomic mass is 32.2. The number of sulfonamides is 1. The maximum atomic E-state index is 12.0. The maximum absolute atomic E-state index is 12.0. The normalized spacial score (nSPS) is 18.0. The summed E-state index contributed by atoms with van der Waals surface area (Å²) < 4.78 is 26.9. The van der Waals surface area contributed by atoms with Gasteiger partial charge in [-0.15, -0.1) is 0 Å². The average Bonchev–Trinajstić information content (AvgIpc) is 3.10. The van der Waals surface area contributed by atoms with Gasteiger partial charge in [0.25, 0.3) is 0 Å². The fourth-order valence-electron chi connectivity index (χ4n) is 1.94. The molecule has 4 nitrogen and oxygen atoms in total. The van der Waals surface area contributed by atoms with E-state index in [0.29, 0.717) is 5.92 Å². The highest BCUT2D eigenvalue weighted by molar-refractivity contribution is 7.90. The van der Waals surface area contributed by atoms with Crippen LogP contribution in [0.2, 0.25) is 0 Å². The van der Waals surface area contributed by atoms with Crippen LogP contribution in [0.15, 0.2) is 18.3 Å². The quantitative estimate of drug-likeness (QED) is 0.890. The van der Waals surface area contributed by atoms with Crippen LogP contribution in [0.5, 0.6) is 0 Å². The van der Waals surface area contributed by atoms with E-state index in [1.807, 2.05) is 19.1 Å². The molecule has 0 bridgehead atoms. The zero-order valence-electron chi connectivity index (χ0n) is 11.1. The molecule has 0 spiro atoms. The summed E-state index contributed by atoms with van der Waals surface area (Å²) in [7, 11) is -3.26. The number of hydrogen-bond acceptors (Lipinski definition) is 3. The molecule has 1 heterocycles. The Kier molecular flexibility index (Phi) is 3.73. The van der Waals surface area contributed by atoms with Crippen LogP contribution in [0.4, 0.5) is 0 Å². The molecule has 1 saturated carbocycles. The zero-order valence-corrected chi connectivity index (χ0v) is 11.9. The summed E-state index contributed by atoms with van der Waals surface area (Å²) in [6.07, 6.45) is 3.87. The molecule has 0 radical (unpaired) electrons. The van der Waals surface area contributed by atoms with E-state index < -0.39 is 15.3 Å². The molecular weight excluding hydrogens is 248 g/mol. The molecule has 1 aromatic rings. The van der Waals surface area contributed by atoms with Gasteiger partial charge in [-0.2, -0.15) is 0 Å². The van der Waals surface area contributed by atoms with Crippen molar-refractivity contribution in [3.8, 4) is 0 Å². The first kappa shape index (κ1) is 13.5. The Bertz CT molecular complexity index is 522. The van der Waals surface area contributed by atoms with E-state index in [0.717, 1.165) is 24.1 Å². The highest BCUT2D eigenvalue weighted by Crippen LogP contribution is 2.41. The number of hydrogen-bond donors (Lipinski definition) is 1. The van der Waals surface area contributed by atoms with Gasteiger partial charge in [-0.3, -0.25) is 4.98 Å². The predicted molar refractivity (Wildman–Crippen MR) is 71.6 cm³/mol. The summed E-state index contributed by atoms with van der Waals surface area (Å²) in [6, 6.07) is 3.68. The Hall–Kier alpha value is -0.940. The van der Waals surface area contributed by atoms with Gasteiger partial charge in [-0.25, -0.2) is 13.1 Å². The van der Waals surface area contributed by atoms with Crippen LogP contribution < -0.4 is 4.72 Å². The Morgan fingerprint density at radius 3 is 2.56 bits per heavy atom. The monoisotopic (exact) mass is 268 g/mol. The number of nitrogens with one attached hydrogen (secondary N) is 1. The third kappa shape index (κ3) is 2.90. The van der Waals surface area contributed by atoms with Crippen LogP contribution in [0, 0.1) is 12.8 Å². The first-order valence-electron chi connectivity index (χ1n) is 6.34. The molecule has 100 valence electrons. The number of nitrogens with zero attached hydrogens (tertiary/aromatic N) is 1. The van der Waals surface area contributed by atoms with Crippen LogP contribution in [0.25, 0.3) is 0 Å². The van der Waals surface area contributed by atoms with Gasteiger partial charge in [0.2, 0.25) is 10.0 Å². The predicted octanol–water partition coefficient (Wildman–Crippen LogP) is 2.17. The third-order valence-electron chi connectivity index (χ3n) is 3.35. The summed E-state index contributed by atoms with van der Waals surface area (Å²) in [5.74, 6) is 0.395. The van der Waals surface area contributed by atoms with Crippen LogP contribution in [-0.4, -0.2) is 18.7 Å². The van der Waals surface area contributed by atoms with E-state index in [-0.39, 0.29) is 6.04 Å². The lowest BCUT2D eigenvalue weighted by Gasteiger charge is -2.20. The first-order valence-corrected chi connectivity index (χ1v) is 7.89. The molecule has 1 aliphatic rings. The van der Waals surface area contributed by atoms with E-state index in [1.54, 1.807) is 20.0 Å². The van der Waals surface area contributed by atoms with Gasteiger partial charge in [0.15, 0.2) is 0 Å². The molecule has 1 aromatic heterocycles. The van der Waals surface area contributed by atoms with Gasteiger partial charge in [-0.1, -0.05) is 6.07 Å². The van der Waals surface area contributed by atoms with Crippen molar-refractivity contribution in [2.75, 3.05) is 0 Å². The Labute approximate surface area is 109 Å². The molecule has 1 unspecified atom stereocenters. The topological polar surface area (TPSA) is 59.1 Å². The van der Waals surface area contributed by atoms with Crippen molar-refractivity contribution in [1.29, 1.82) is 0 Å². The molecule has 0 amide bonds. The second kappa shape index (κ2) is 4.97. The highest BCUT2D eigenvalue weighted by Gasteiger charge is 2.37. The molecule has 0 saturated heterocycles. The Balaban J connectivity index is 2.28. The molecule has 18 heavy (non-hydrogen) atoms. The minimum absolute atomic E-state index is 0.168. The van der Waals surface area contributed by atoms with Crippen molar-refractivity contribution >= 4 is 10.0 Å². The summed E-state index contributed by atoms with van der Waals surface area (Å²) in [5.41, 5.74) is 1.91. The number of pyridine rings is 1. The van der Waals surface area contributed by atoms with E-state index in [9.17, 15) is 8.42 Å². The Morgan fingerprint density at radius 2 is 2.06 bits per heavy atom. The van der Waals surface area contributed by atoms with Crippen molar-refractivity contribution in [2.45, 2.75) is 44.9 Å². The number of rotatable bonds is 5. The summed E-state index contributed by atoms with van der Waals surface area (Å²) >= 11 is 0. The van der Waals surface area contributed by atoms with Gasteiger partial charge >= 0.3 is 0 Å². The zero-order chi connectivity index (χ0) is 13.3. The fourth-order valence-corrected chi connectivity index (χ4v) is 2.87. The van der Waals surface area contributed by atoms with Gasteiger partial charge < -0.3 is 0 Å². The largest absolute Gasteiger partial charge is 0.259 e. The van der Waals surface area contributed by atoms with Crippen molar-refractivity contribution < 1.29 is 8.42 Å². The molecule has 0 aliphatic heterocycles. The fraction of sp³-hybridized carbons (Fsp3) is 0.615. The lowest BCUT2D eigenvalue weighted by molar-refractivity contribution is 0.513. The molecule has 5 heteroatoms. The van der Waals surface area contributed by atoms with E-state index in [4.69, 9.17) is 0 Å². The SMILES string of the molecule is Cc1cccnc1C(NS(=O)(=O)C(C)C)C1CC1. The smallest absolute Gasteiger partial charge is 0.214 e. The van der Waals surface area contributed by atoms with Gasteiger partial charge in [0, 0.05) is 6.20 Å². The van der Waals surface area contributed by atoms with Gasteiger partial charge in [-0.05, 0) is 51.2 Å². The summed E-state index contributed by atoms with van der Waals surface area (Å²) in [4.78, 5) is 4.36. The van der Waals surface area contributed by atoms with Gasteiger partial charge in [0.05, 0.1) is 17.0 Å². The van der Waals surface area contributed by atoms with Crippen LogP contribution in [0.1, 0.15) is 44.0 Å². The van der Waals surface area contributed by atoms with Crippen molar-refractivity contribution in [1.82, 2.24) is 9.71 Å². The maximum Gasteiger partial charge on any atom is 0.214 e. The summed E-state index contributed by atoms with van der Waals surface area (Å²) in [6.45, 7) is 5.36. The molecule has 2 rings (SSSR count). The lowest BCUT2D eigenvalue weighted by Crippen LogP contribution is -2.35. The van der Waals surface area contributed by atoms with Crippen LogP contribution in [-0.2, 0) is 10.0 Å². The van der Waals surface area contributed by atoms with E-state index >= 15 is 0 Å². The minimum atomic E-state index is -3.26. The van der Waals surface area contributed by atoms with Crippen LogP contribution >= 0.6 is 0 Å². The summed E-state index contributed by atoms with van der Waals surface area (Å²) in [5, 5.41) is -0.414. The minimum Gasteiger partial charge on any atom is -0.259 e. The lowest BCUT2D eigenvalue weighted by atomic mass is 10.1. The average molecular weight is 268 g/mol. The van der Waals surface area contributed by atoms with Crippen molar-refractivity contribution in [3.63, 3.8) is 0 Å². The number of aryl methyl sites for hydroxylation is 1. The molecule has 1 atom stereocenters. The second-order valence-corrected chi connectivity index (χ2v) is 7.50. The third-order valence-corrected chi connectivity index (χ3v) is 5.17.